The highest BCUT2D eigenvalue weighted by Crippen LogP contribution is 2.36. The van der Waals surface area contributed by atoms with Gasteiger partial charge in [-0.05, 0) is 85.5 Å². The zero-order valence-corrected chi connectivity index (χ0v) is 25.0. The number of fused-ring (bicyclic) bond motifs is 2. The highest BCUT2D eigenvalue weighted by molar-refractivity contribution is 9.11. The van der Waals surface area contributed by atoms with Crippen LogP contribution in [0.4, 0.5) is 0 Å². The third kappa shape index (κ3) is 5.46. The van der Waals surface area contributed by atoms with Gasteiger partial charge >= 0.3 is 0 Å². The first-order valence-corrected chi connectivity index (χ1v) is 13.8. The van der Waals surface area contributed by atoms with Crippen LogP contribution < -0.4 is 19.8 Å². The van der Waals surface area contributed by atoms with Crippen molar-refractivity contribution in [2.24, 2.45) is 5.10 Å². The van der Waals surface area contributed by atoms with Crippen LogP contribution in [0.1, 0.15) is 37.7 Å². The molecule has 2 heterocycles. The Morgan fingerprint density at radius 2 is 1.76 bits per heavy atom. The van der Waals surface area contributed by atoms with E-state index in [1.807, 2.05) is 63.2 Å². The first kappa shape index (κ1) is 25.9. The van der Waals surface area contributed by atoms with Gasteiger partial charge in [0.2, 0.25) is 6.79 Å². The van der Waals surface area contributed by atoms with Crippen molar-refractivity contribution in [3.05, 3.63) is 89.3 Å². The largest absolute Gasteiger partial charge is 0.487 e. The zero-order valence-electron chi connectivity index (χ0n) is 20.2. The number of ether oxygens (including phenoxy) is 3. The number of benzene rings is 3. The first-order chi connectivity index (χ1) is 17.6. The molecule has 0 saturated carbocycles. The Balaban J connectivity index is 1.44. The summed E-state index contributed by atoms with van der Waals surface area (Å²) in [5.41, 5.74) is 1.74. The molecule has 0 aliphatic carbocycles. The highest BCUT2D eigenvalue weighted by atomic mass is 79.9. The van der Waals surface area contributed by atoms with Gasteiger partial charge in [-0.2, -0.15) is 9.78 Å². The maximum Gasteiger partial charge on any atom is 0.282 e. The topological polar surface area (TPSA) is 74.9 Å². The molecule has 190 valence electrons. The van der Waals surface area contributed by atoms with E-state index >= 15 is 0 Å². The predicted octanol–water partition coefficient (Wildman–Crippen LogP) is 7.17. The minimum atomic E-state index is -0.397. The fraction of sp³-hybridized carbons (Fsp3) is 0.222. The van der Waals surface area contributed by atoms with Crippen LogP contribution >= 0.6 is 47.8 Å². The van der Waals surface area contributed by atoms with Crippen molar-refractivity contribution in [3.63, 3.8) is 0 Å². The molecular weight excluding hydrogens is 670 g/mol. The van der Waals surface area contributed by atoms with Gasteiger partial charge in [-0.15, -0.1) is 0 Å². The fourth-order valence-corrected chi connectivity index (χ4v) is 5.66. The third-order valence-corrected chi connectivity index (χ3v) is 7.31. The summed E-state index contributed by atoms with van der Waals surface area (Å²) in [5, 5.41) is 5.05. The predicted molar refractivity (Wildman–Crippen MR) is 154 cm³/mol. The smallest absolute Gasteiger partial charge is 0.282 e. The molecule has 1 aliphatic heterocycles. The minimum absolute atomic E-state index is 0.228. The summed E-state index contributed by atoms with van der Waals surface area (Å²) in [6.45, 7) is 6.60. The Morgan fingerprint density at radius 1 is 1.03 bits per heavy atom. The molecule has 0 atom stereocenters. The van der Waals surface area contributed by atoms with E-state index in [-0.39, 0.29) is 12.4 Å². The van der Waals surface area contributed by atoms with Gasteiger partial charge in [0.15, 0.2) is 11.5 Å². The number of rotatable bonds is 5. The molecule has 0 radical (unpaired) electrons. The molecule has 5 rings (SSSR count). The summed E-state index contributed by atoms with van der Waals surface area (Å²) in [4.78, 5) is 18.1. The van der Waals surface area contributed by atoms with E-state index in [1.54, 1.807) is 12.3 Å². The molecule has 10 heteroatoms. The molecule has 0 unspecified atom stereocenters. The maximum atomic E-state index is 13.4. The van der Waals surface area contributed by atoms with Gasteiger partial charge in [0.25, 0.3) is 5.56 Å². The molecule has 0 bridgehead atoms. The lowest BCUT2D eigenvalue weighted by Crippen LogP contribution is -2.29. The lowest BCUT2D eigenvalue weighted by Gasteiger charge is -2.21. The molecular formula is C27H22Br3N3O4. The molecule has 1 aromatic heterocycles. The Labute approximate surface area is 238 Å². The van der Waals surface area contributed by atoms with Crippen LogP contribution in [0.5, 0.6) is 17.2 Å². The van der Waals surface area contributed by atoms with Crippen molar-refractivity contribution >= 4 is 64.9 Å². The van der Waals surface area contributed by atoms with Crippen LogP contribution in [0.25, 0.3) is 10.9 Å². The summed E-state index contributed by atoms with van der Waals surface area (Å²) in [6.07, 6.45) is 1.64. The molecule has 4 aromatic rings. The molecule has 0 N–H and O–H groups in total. The molecule has 7 nitrogen and oxygen atoms in total. The summed E-state index contributed by atoms with van der Waals surface area (Å²) in [5.74, 6) is 2.67. The van der Waals surface area contributed by atoms with Crippen molar-refractivity contribution in [2.45, 2.75) is 32.8 Å². The number of aromatic nitrogens is 2. The second kappa shape index (κ2) is 10.2. The van der Waals surface area contributed by atoms with E-state index in [1.165, 1.54) is 4.68 Å². The van der Waals surface area contributed by atoms with Crippen LogP contribution in [-0.4, -0.2) is 22.7 Å². The van der Waals surface area contributed by atoms with Gasteiger partial charge in [0, 0.05) is 9.89 Å². The van der Waals surface area contributed by atoms with Crippen LogP contribution in [0.15, 0.2) is 71.8 Å². The first-order valence-electron chi connectivity index (χ1n) is 11.4. The Bertz CT molecular complexity index is 1590. The van der Waals surface area contributed by atoms with Crippen molar-refractivity contribution in [1.82, 2.24) is 9.66 Å². The number of hydrogen-bond donors (Lipinski definition) is 0. The van der Waals surface area contributed by atoms with Gasteiger partial charge in [-0.1, -0.05) is 42.8 Å². The standard InChI is InChI=1S/C27H22Br3N3O4/c1-27(2,3)26-32-21-6-5-17(28)11-18(21)25(34)33(26)31-12-16-8-19(29)24(20(30)9-16)35-13-15-4-7-22-23(10-15)37-14-36-22/h4-12H,13-14H2,1-3H3. The zero-order chi connectivity index (χ0) is 26.3. The summed E-state index contributed by atoms with van der Waals surface area (Å²) in [7, 11) is 0. The van der Waals surface area contributed by atoms with E-state index in [0.29, 0.717) is 34.8 Å². The van der Waals surface area contributed by atoms with Crippen molar-refractivity contribution in [2.75, 3.05) is 6.79 Å². The molecule has 0 fully saturated rings. The summed E-state index contributed by atoms with van der Waals surface area (Å²) in [6, 6.07) is 15.0. The van der Waals surface area contributed by atoms with Crippen LogP contribution in [0.3, 0.4) is 0 Å². The molecule has 37 heavy (non-hydrogen) atoms. The van der Waals surface area contributed by atoms with E-state index in [0.717, 1.165) is 30.3 Å². The number of halogens is 3. The van der Waals surface area contributed by atoms with Gasteiger partial charge < -0.3 is 14.2 Å². The normalized spacial score (nSPS) is 13.0. The van der Waals surface area contributed by atoms with Gasteiger partial charge in [0.05, 0.1) is 26.1 Å². The van der Waals surface area contributed by atoms with Crippen LogP contribution in [0, 0.1) is 0 Å². The van der Waals surface area contributed by atoms with E-state index in [4.69, 9.17) is 19.2 Å². The highest BCUT2D eigenvalue weighted by Gasteiger charge is 2.23. The monoisotopic (exact) mass is 689 g/mol. The average molecular weight is 692 g/mol. The molecule has 0 saturated heterocycles. The number of hydrogen-bond acceptors (Lipinski definition) is 6. The molecule has 0 amide bonds. The van der Waals surface area contributed by atoms with Crippen molar-refractivity contribution < 1.29 is 14.2 Å². The van der Waals surface area contributed by atoms with Crippen molar-refractivity contribution in [3.8, 4) is 17.2 Å². The Hall–Kier alpha value is -2.69. The Kier molecular flexibility index (Phi) is 7.17. The number of nitrogens with zero attached hydrogens (tertiary/aromatic N) is 3. The summed E-state index contributed by atoms with van der Waals surface area (Å²) < 4.78 is 20.5. The average Bonchev–Trinajstić information content (AvgIpc) is 3.30. The second-order valence-electron chi connectivity index (χ2n) is 9.50. The summed E-state index contributed by atoms with van der Waals surface area (Å²) >= 11 is 10.6. The van der Waals surface area contributed by atoms with E-state index < -0.39 is 5.41 Å². The second-order valence-corrected chi connectivity index (χ2v) is 12.1. The maximum absolute atomic E-state index is 13.4. The van der Waals surface area contributed by atoms with Crippen LogP contribution in [-0.2, 0) is 12.0 Å². The van der Waals surface area contributed by atoms with Gasteiger partial charge in [-0.25, -0.2) is 4.98 Å². The lowest BCUT2D eigenvalue weighted by molar-refractivity contribution is 0.174. The van der Waals surface area contributed by atoms with E-state index in [9.17, 15) is 4.79 Å². The fourth-order valence-electron chi connectivity index (χ4n) is 3.84. The Morgan fingerprint density at radius 3 is 2.49 bits per heavy atom. The third-order valence-electron chi connectivity index (χ3n) is 5.64. The molecule has 3 aromatic carbocycles. The van der Waals surface area contributed by atoms with Crippen LogP contribution in [0.2, 0.25) is 0 Å². The van der Waals surface area contributed by atoms with Crippen molar-refractivity contribution in [1.29, 1.82) is 0 Å². The van der Waals surface area contributed by atoms with Gasteiger partial charge in [0.1, 0.15) is 18.2 Å². The molecule has 1 aliphatic rings. The lowest BCUT2D eigenvalue weighted by atomic mass is 9.95. The quantitative estimate of drug-likeness (QED) is 0.208. The minimum Gasteiger partial charge on any atom is -0.487 e. The molecule has 0 spiro atoms. The SMILES string of the molecule is CC(C)(C)c1nc2ccc(Br)cc2c(=O)n1N=Cc1cc(Br)c(OCc2ccc3c(c2)OCO3)c(Br)c1. The van der Waals surface area contributed by atoms with Gasteiger partial charge in [-0.3, -0.25) is 4.79 Å². The van der Waals surface area contributed by atoms with E-state index in [2.05, 4.69) is 52.9 Å².